The van der Waals surface area contributed by atoms with Crippen molar-refractivity contribution in [2.75, 3.05) is 18.6 Å². The average Bonchev–Trinajstić information content (AvgIpc) is 2.46. The Balaban J connectivity index is 2.25. The minimum Gasteiger partial charge on any atom is -0.444 e. The molecule has 0 saturated heterocycles. The lowest BCUT2D eigenvalue weighted by Crippen LogP contribution is -2.22. The van der Waals surface area contributed by atoms with Crippen molar-refractivity contribution >= 4 is 11.8 Å². The van der Waals surface area contributed by atoms with E-state index in [1.54, 1.807) is 0 Å². The second-order valence-electron chi connectivity index (χ2n) is 3.94. The third kappa shape index (κ3) is 4.26. The number of oxazole rings is 1. The van der Waals surface area contributed by atoms with Gasteiger partial charge in [0.25, 0.3) is 0 Å². The second-order valence-corrected chi connectivity index (χ2v) is 4.85. The first kappa shape index (κ1) is 12.6. The minimum atomic E-state index is 0.692. The van der Waals surface area contributed by atoms with Gasteiger partial charge in [-0.2, -0.15) is 11.8 Å². The number of hydrogen-bond donors (Lipinski definition) is 1. The SMILES string of the molecule is CSCC(C)CNCc1nc(C)c(C)o1. The molecule has 1 unspecified atom stereocenters. The van der Waals surface area contributed by atoms with E-state index in [2.05, 4.69) is 23.5 Å². The molecule has 0 amide bonds. The summed E-state index contributed by atoms with van der Waals surface area (Å²) in [6, 6.07) is 0. The van der Waals surface area contributed by atoms with Crippen LogP contribution in [-0.2, 0) is 6.54 Å². The zero-order valence-corrected chi connectivity index (χ0v) is 10.8. The molecule has 1 aromatic rings. The van der Waals surface area contributed by atoms with Gasteiger partial charge < -0.3 is 9.73 Å². The molecule has 1 atom stereocenters. The minimum absolute atomic E-state index is 0.692. The van der Waals surface area contributed by atoms with E-state index >= 15 is 0 Å². The van der Waals surface area contributed by atoms with Crippen LogP contribution in [0.1, 0.15) is 24.3 Å². The van der Waals surface area contributed by atoms with Crippen LogP contribution in [0.25, 0.3) is 0 Å². The standard InChI is InChI=1S/C11H20N2OS/c1-8(7-15-4)5-12-6-11-13-9(2)10(3)14-11/h8,12H,5-7H2,1-4H3. The lowest BCUT2D eigenvalue weighted by Gasteiger charge is -2.09. The summed E-state index contributed by atoms with van der Waals surface area (Å²) in [5, 5.41) is 3.36. The van der Waals surface area contributed by atoms with E-state index in [-0.39, 0.29) is 0 Å². The molecule has 0 fully saturated rings. The number of aromatic nitrogens is 1. The van der Waals surface area contributed by atoms with Crippen molar-refractivity contribution in [3.05, 3.63) is 17.3 Å². The Kier molecular flexibility index (Phi) is 5.19. The molecule has 0 aliphatic carbocycles. The van der Waals surface area contributed by atoms with Crippen LogP contribution in [0.5, 0.6) is 0 Å². The maximum absolute atomic E-state index is 5.48. The molecule has 1 rings (SSSR count). The largest absolute Gasteiger partial charge is 0.444 e. The van der Waals surface area contributed by atoms with Crippen LogP contribution < -0.4 is 5.32 Å². The van der Waals surface area contributed by atoms with Gasteiger partial charge in [0.15, 0.2) is 0 Å². The van der Waals surface area contributed by atoms with Gasteiger partial charge in [-0.25, -0.2) is 4.98 Å². The molecule has 0 saturated carbocycles. The second kappa shape index (κ2) is 6.18. The third-order valence-electron chi connectivity index (χ3n) is 2.29. The van der Waals surface area contributed by atoms with E-state index in [0.29, 0.717) is 5.92 Å². The molecule has 0 spiro atoms. The highest BCUT2D eigenvalue weighted by Gasteiger charge is 2.05. The van der Waals surface area contributed by atoms with Crippen LogP contribution in [0.2, 0.25) is 0 Å². The zero-order chi connectivity index (χ0) is 11.3. The molecule has 1 aromatic heterocycles. The lowest BCUT2D eigenvalue weighted by atomic mass is 10.2. The Hall–Kier alpha value is -0.480. The summed E-state index contributed by atoms with van der Waals surface area (Å²) in [6.07, 6.45) is 2.14. The van der Waals surface area contributed by atoms with E-state index < -0.39 is 0 Å². The Morgan fingerprint density at radius 3 is 2.73 bits per heavy atom. The highest BCUT2D eigenvalue weighted by atomic mass is 32.2. The van der Waals surface area contributed by atoms with Crippen molar-refractivity contribution < 1.29 is 4.42 Å². The maximum atomic E-state index is 5.48. The van der Waals surface area contributed by atoms with E-state index in [9.17, 15) is 0 Å². The molecular weight excluding hydrogens is 208 g/mol. The first-order chi connectivity index (χ1) is 7.13. The summed E-state index contributed by atoms with van der Waals surface area (Å²) in [5.41, 5.74) is 0.990. The number of rotatable bonds is 6. The van der Waals surface area contributed by atoms with Crippen LogP contribution in [0.3, 0.4) is 0 Å². The topological polar surface area (TPSA) is 38.1 Å². The Labute approximate surface area is 96.0 Å². The summed E-state index contributed by atoms with van der Waals surface area (Å²) >= 11 is 1.88. The molecule has 1 heterocycles. The Morgan fingerprint density at radius 2 is 2.20 bits per heavy atom. The van der Waals surface area contributed by atoms with Gasteiger partial charge in [-0.15, -0.1) is 0 Å². The summed E-state index contributed by atoms with van der Waals surface area (Å²) in [7, 11) is 0. The quantitative estimate of drug-likeness (QED) is 0.811. The van der Waals surface area contributed by atoms with Crippen molar-refractivity contribution in [2.24, 2.45) is 5.92 Å². The van der Waals surface area contributed by atoms with Crippen molar-refractivity contribution in [2.45, 2.75) is 27.3 Å². The fraction of sp³-hybridized carbons (Fsp3) is 0.727. The first-order valence-electron chi connectivity index (χ1n) is 5.26. The molecule has 0 radical (unpaired) electrons. The zero-order valence-electron chi connectivity index (χ0n) is 9.96. The van der Waals surface area contributed by atoms with Gasteiger partial charge >= 0.3 is 0 Å². The summed E-state index contributed by atoms with van der Waals surface area (Å²) in [5.74, 6) is 3.60. The predicted molar refractivity (Wildman–Crippen MR) is 65.2 cm³/mol. The number of aryl methyl sites for hydroxylation is 2. The smallest absolute Gasteiger partial charge is 0.208 e. The van der Waals surface area contributed by atoms with E-state index in [0.717, 1.165) is 30.4 Å². The van der Waals surface area contributed by atoms with Crippen LogP contribution >= 0.6 is 11.8 Å². The predicted octanol–water partition coefficient (Wildman–Crippen LogP) is 2.38. The molecule has 0 aliphatic rings. The van der Waals surface area contributed by atoms with Gasteiger partial charge in [-0.05, 0) is 38.3 Å². The van der Waals surface area contributed by atoms with Gasteiger partial charge in [0.1, 0.15) is 5.76 Å². The van der Waals surface area contributed by atoms with Gasteiger partial charge in [-0.3, -0.25) is 0 Å². The van der Waals surface area contributed by atoms with Gasteiger partial charge in [0, 0.05) is 0 Å². The Bertz CT molecular complexity index is 279. The van der Waals surface area contributed by atoms with Crippen molar-refractivity contribution in [1.82, 2.24) is 10.3 Å². The number of nitrogens with zero attached hydrogens (tertiary/aromatic N) is 1. The molecule has 3 nitrogen and oxygen atoms in total. The number of nitrogens with one attached hydrogen (secondary N) is 1. The van der Waals surface area contributed by atoms with Crippen LogP contribution in [0, 0.1) is 19.8 Å². The van der Waals surface area contributed by atoms with Crippen molar-refractivity contribution in [3.8, 4) is 0 Å². The van der Waals surface area contributed by atoms with Gasteiger partial charge in [-0.1, -0.05) is 6.92 Å². The molecule has 0 aliphatic heterocycles. The summed E-state index contributed by atoms with van der Waals surface area (Å²) in [4.78, 5) is 4.32. The molecular formula is C11H20N2OS. The highest BCUT2D eigenvalue weighted by molar-refractivity contribution is 7.98. The van der Waals surface area contributed by atoms with Crippen LogP contribution in [-0.4, -0.2) is 23.5 Å². The van der Waals surface area contributed by atoms with Crippen LogP contribution in [0.15, 0.2) is 4.42 Å². The fourth-order valence-corrected chi connectivity index (χ4v) is 2.07. The average molecular weight is 228 g/mol. The lowest BCUT2D eigenvalue weighted by molar-refractivity contribution is 0.437. The Morgan fingerprint density at radius 1 is 1.47 bits per heavy atom. The molecule has 1 N–H and O–H groups in total. The molecule has 0 bridgehead atoms. The monoisotopic (exact) mass is 228 g/mol. The van der Waals surface area contributed by atoms with Crippen molar-refractivity contribution in [3.63, 3.8) is 0 Å². The van der Waals surface area contributed by atoms with Crippen LogP contribution in [0.4, 0.5) is 0 Å². The van der Waals surface area contributed by atoms with E-state index in [1.165, 1.54) is 5.75 Å². The summed E-state index contributed by atoms with van der Waals surface area (Å²) in [6.45, 7) is 7.91. The molecule has 0 aromatic carbocycles. The van der Waals surface area contributed by atoms with Gasteiger partial charge in [0.2, 0.25) is 5.89 Å². The fourth-order valence-electron chi connectivity index (χ4n) is 1.38. The van der Waals surface area contributed by atoms with Crippen molar-refractivity contribution in [1.29, 1.82) is 0 Å². The molecule has 15 heavy (non-hydrogen) atoms. The van der Waals surface area contributed by atoms with E-state index in [1.807, 2.05) is 25.6 Å². The highest BCUT2D eigenvalue weighted by Crippen LogP contribution is 2.08. The van der Waals surface area contributed by atoms with Gasteiger partial charge in [0.05, 0.1) is 12.2 Å². The third-order valence-corrected chi connectivity index (χ3v) is 3.20. The normalized spacial score (nSPS) is 13.1. The number of thioether (sulfide) groups is 1. The summed E-state index contributed by atoms with van der Waals surface area (Å²) < 4.78 is 5.48. The molecule has 86 valence electrons. The first-order valence-corrected chi connectivity index (χ1v) is 6.65. The number of hydrogen-bond acceptors (Lipinski definition) is 4. The molecule has 4 heteroatoms. The van der Waals surface area contributed by atoms with E-state index in [4.69, 9.17) is 4.42 Å². The maximum Gasteiger partial charge on any atom is 0.208 e.